The van der Waals surface area contributed by atoms with Gasteiger partial charge in [0.25, 0.3) is 0 Å². The molecule has 1 atom stereocenters. The maximum Gasteiger partial charge on any atom is 0.192 e. The van der Waals surface area contributed by atoms with Gasteiger partial charge in [-0.1, -0.05) is 32.9 Å². The maximum atomic E-state index is 6.19. The van der Waals surface area contributed by atoms with Crippen LogP contribution in [0.5, 0.6) is 0 Å². The van der Waals surface area contributed by atoms with Crippen molar-refractivity contribution in [2.24, 2.45) is 0 Å². The second-order valence-electron chi connectivity index (χ2n) is 5.49. The van der Waals surface area contributed by atoms with Crippen molar-refractivity contribution >= 4 is 8.32 Å². The van der Waals surface area contributed by atoms with Crippen LogP contribution in [0.2, 0.25) is 18.1 Å². The van der Waals surface area contributed by atoms with Gasteiger partial charge in [-0.25, -0.2) is 0 Å². The Morgan fingerprint density at radius 2 is 1.79 bits per heavy atom. The van der Waals surface area contributed by atoms with Crippen LogP contribution in [0.1, 0.15) is 41.0 Å². The first-order chi connectivity index (χ1) is 6.20. The van der Waals surface area contributed by atoms with Crippen molar-refractivity contribution in [3.05, 3.63) is 12.2 Å². The molecule has 1 nitrogen and oxygen atoms in total. The quantitative estimate of drug-likeness (QED) is 0.499. The summed E-state index contributed by atoms with van der Waals surface area (Å²) in [6, 6.07) is 0. The zero-order valence-electron chi connectivity index (χ0n) is 10.8. The summed E-state index contributed by atoms with van der Waals surface area (Å²) in [5.41, 5.74) is 0. The Balaban J connectivity index is 4.22. The van der Waals surface area contributed by atoms with E-state index in [4.69, 9.17) is 4.43 Å². The van der Waals surface area contributed by atoms with Crippen molar-refractivity contribution in [3.63, 3.8) is 0 Å². The standard InChI is InChI=1S/C12H26OSi/c1-8-9-10-11(2)13-14(6,7)12(3,4)5/h8-9,11H,10H2,1-7H3/b9-8-/t11-/m1/s1. The van der Waals surface area contributed by atoms with Gasteiger partial charge in [0, 0.05) is 6.10 Å². The van der Waals surface area contributed by atoms with Crippen LogP contribution in [0.15, 0.2) is 12.2 Å². The lowest BCUT2D eigenvalue weighted by Gasteiger charge is -2.38. The fourth-order valence-electron chi connectivity index (χ4n) is 1.06. The minimum atomic E-state index is -1.55. The summed E-state index contributed by atoms with van der Waals surface area (Å²) in [6.07, 6.45) is 5.65. The van der Waals surface area contributed by atoms with E-state index in [2.05, 4.69) is 59.9 Å². The van der Waals surface area contributed by atoms with Gasteiger partial charge in [0.1, 0.15) is 0 Å². The van der Waals surface area contributed by atoms with Gasteiger partial charge in [0.2, 0.25) is 0 Å². The van der Waals surface area contributed by atoms with Crippen molar-refractivity contribution in [2.45, 2.75) is 65.3 Å². The molecule has 0 heterocycles. The predicted molar refractivity (Wildman–Crippen MR) is 67.2 cm³/mol. The van der Waals surface area contributed by atoms with Crippen LogP contribution >= 0.6 is 0 Å². The minimum absolute atomic E-state index is 0.317. The summed E-state index contributed by atoms with van der Waals surface area (Å²) < 4.78 is 6.19. The molecule has 0 unspecified atom stereocenters. The molecule has 0 aliphatic rings. The Hall–Kier alpha value is -0.0831. The first-order valence-corrected chi connectivity index (χ1v) is 8.40. The monoisotopic (exact) mass is 214 g/mol. The van der Waals surface area contributed by atoms with Gasteiger partial charge >= 0.3 is 0 Å². The van der Waals surface area contributed by atoms with Gasteiger partial charge in [0.15, 0.2) is 8.32 Å². The van der Waals surface area contributed by atoms with Crippen LogP contribution in [0.3, 0.4) is 0 Å². The lowest BCUT2D eigenvalue weighted by atomic mass is 10.2. The Morgan fingerprint density at radius 3 is 2.14 bits per heavy atom. The SMILES string of the molecule is C/C=C\C[C@@H](C)O[Si](C)(C)C(C)(C)C. The lowest BCUT2D eigenvalue weighted by Crippen LogP contribution is -2.43. The highest BCUT2D eigenvalue weighted by atomic mass is 28.4. The zero-order chi connectivity index (χ0) is 11.4. The van der Waals surface area contributed by atoms with Crippen LogP contribution in [0, 0.1) is 0 Å². The van der Waals surface area contributed by atoms with Crippen molar-refractivity contribution in [2.75, 3.05) is 0 Å². The molecule has 0 aromatic rings. The highest BCUT2D eigenvalue weighted by Gasteiger charge is 2.38. The van der Waals surface area contributed by atoms with E-state index in [0.717, 1.165) is 6.42 Å². The van der Waals surface area contributed by atoms with E-state index < -0.39 is 8.32 Å². The average molecular weight is 214 g/mol. The van der Waals surface area contributed by atoms with Crippen molar-refractivity contribution in [1.82, 2.24) is 0 Å². The molecule has 0 aromatic carbocycles. The molecule has 2 heteroatoms. The molecule has 0 fully saturated rings. The first kappa shape index (κ1) is 13.9. The largest absolute Gasteiger partial charge is 0.414 e. The van der Waals surface area contributed by atoms with Crippen molar-refractivity contribution < 1.29 is 4.43 Å². The van der Waals surface area contributed by atoms with E-state index in [1.165, 1.54) is 0 Å². The second-order valence-corrected chi connectivity index (χ2v) is 10.2. The molecule has 0 bridgehead atoms. The predicted octanol–water partition coefficient (Wildman–Crippen LogP) is 4.36. The van der Waals surface area contributed by atoms with Gasteiger partial charge in [0.05, 0.1) is 0 Å². The number of allylic oxidation sites excluding steroid dienone is 1. The average Bonchev–Trinajstić information content (AvgIpc) is 1.97. The third kappa shape index (κ3) is 4.42. The van der Waals surface area contributed by atoms with Crippen LogP contribution in [-0.2, 0) is 4.43 Å². The van der Waals surface area contributed by atoms with E-state index in [9.17, 15) is 0 Å². The highest BCUT2D eigenvalue weighted by molar-refractivity contribution is 6.74. The molecule has 0 spiro atoms. The fourth-order valence-corrected chi connectivity index (χ4v) is 2.51. The van der Waals surface area contributed by atoms with E-state index in [1.807, 2.05) is 0 Å². The van der Waals surface area contributed by atoms with Gasteiger partial charge < -0.3 is 4.43 Å². The van der Waals surface area contributed by atoms with Crippen LogP contribution < -0.4 is 0 Å². The normalized spacial score (nSPS) is 16.2. The molecule has 0 rings (SSSR count). The Bertz CT molecular complexity index is 189. The molecule has 0 aliphatic heterocycles. The second kappa shape index (κ2) is 5.13. The molecule has 0 saturated carbocycles. The first-order valence-electron chi connectivity index (χ1n) is 5.49. The van der Waals surface area contributed by atoms with Crippen LogP contribution in [0.25, 0.3) is 0 Å². The van der Waals surface area contributed by atoms with Gasteiger partial charge in [-0.05, 0) is 38.4 Å². The smallest absolute Gasteiger partial charge is 0.192 e. The number of hydrogen-bond acceptors (Lipinski definition) is 1. The molecule has 0 amide bonds. The van der Waals surface area contributed by atoms with Gasteiger partial charge in [-0.15, -0.1) is 0 Å². The maximum absolute atomic E-state index is 6.19. The van der Waals surface area contributed by atoms with Gasteiger partial charge in [-0.3, -0.25) is 0 Å². The summed E-state index contributed by atoms with van der Waals surface area (Å²) in [7, 11) is -1.55. The molecule has 0 aliphatic carbocycles. The Labute approximate surface area is 90.7 Å². The van der Waals surface area contributed by atoms with E-state index >= 15 is 0 Å². The molecule has 0 N–H and O–H groups in total. The molecule has 84 valence electrons. The van der Waals surface area contributed by atoms with Crippen LogP contribution in [-0.4, -0.2) is 14.4 Å². The number of rotatable bonds is 4. The van der Waals surface area contributed by atoms with E-state index in [1.54, 1.807) is 0 Å². The summed E-state index contributed by atoms with van der Waals surface area (Å²) in [5.74, 6) is 0. The summed E-state index contributed by atoms with van der Waals surface area (Å²) in [4.78, 5) is 0. The van der Waals surface area contributed by atoms with Crippen molar-refractivity contribution in [1.29, 1.82) is 0 Å². The molecule has 0 saturated heterocycles. The van der Waals surface area contributed by atoms with Gasteiger partial charge in [-0.2, -0.15) is 0 Å². The molecular formula is C12H26OSi. The third-order valence-corrected chi connectivity index (χ3v) is 7.61. The summed E-state index contributed by atoms with van der Waals surface area (Å²) in [5, 5.41) is 0.317. The number of hydrogen-bond donors (Lipinski definition) is 0. The third-order valence-electron chi connectivity index (χ3n) is 3.01. The Kier molecular flexibility index (Phi) is 5.10. The summed E-state index contributed by atoms with van der Waals surface area (Å²) in [6.45, 7) is 15.7. The van der Waals surface area contributed by atoms with E-state index in [-0.39, 0.29) is 0 Å². The molecule has 0 aromatic heterocycles. The highest BCUT2D eigenvalue weighted by Crippen LogP contribution is 2.37. The molecule has 0 radical (unpaired) electrons. The molecular weight excluding hydrogens is 188 g/mol. The van der Waals surface area contributed by atoms with Crippen LogP contribution in [0.4, 0.5) is 0 Å². The topological polar surface area (TPSA) is 9.23 Å². The van der Waals surface area contributed by atoms with E-state index in [0.29, 0.717) is 11.1 Å². The Morgan fingerprint density at radius 1 is 1.29 bits per heavy atom. The van der Waals surface area contributed by atoms with Crippen molar-refractivity contribution in [3.8, 4) is 0 Å². The minimum Gasteiger partial charge on any atom is -0.414 e. The molecule has 14 heavy (non-hydrogen) atoms. The zero-order valence-corrected chi connectivity index (χ0v) is 11.8. The summed E-state index contributed by atoms with van der Waals surface area (Å²) >= 11 is 0. The fraction of sp³-hybridized carbons (Fsp3) is 0.833. The lowest BCUT2D eigenvalue weighted by molar-refractivity contribution is 0.202.